The molecule has 0 radical (unpaired) electrons. The lowest BCUT2D eigenvalue weighted by Gasteiger charge is -2.19. The van der Waals surface area contributed by atoms with E-state index >= 15 is 0 Å². The molecule has 0 N–H and O–H groups in total. The molecular weight excluding hydrogens is 456 g/mol. The summed E-state index contributed by atoms with van der Waals surface area (Å²) >= 11 is 1.84. The van der Waals surface area contributed by atoms with Gasteiger partial charge in [-0.2, -0.15) is 0 Å². The van der Waals surface area contributed by atoms with Gasteiger partial charge in [-0.25, -0.2) is 4.98 Å². The fourth-order valence-corrected chi connectivity index (χ4v) is 6.55. The molecule has 3 aliphatic rings. The summed E-state index contributed by atoms with van der Waals surface area (Å²) in [6.45, 7) is 9.15. The van der Waals surface area contributed by atoms with Crippen molar-refractivity contribution in [2.45, 2.75) is 77.6 Å². The third kappa shape index (κ3) is 5.69. The summed E-state index contributed by atoms with van der Waals surface area (Å²) < 4.78 is 1.28. The van der Waals surface area contributed by atoms with E-state index < -0.39 is 0 Å². The average molecular weight is 493 g/mol. The Labute approximate surface area is 220 Å². The van der Waals surface area contributed by atoms with Gasteiger partial charge < -0.3 is 0 Å². The first-order valence-electron chi connectivity index (χ1n) is 13.4. The number of hydrogen-bond donors (Lipinski definition) is 0. The summed E-state index contributed by atoms with van der Waals surface area (Å²) in [4.78, 5) is 10.2. The molecule has 0 saturated carbocycles. The minimum atomic E-state index is 0.418. The molecule has 1 aliphatic heterocycles. The van der Waals surface area contributed by atoms with Crippen LogP contribution in [0.15, 0.2) is 106 Å². The number of fused-ring (bicyclic) bond motifs is 3. The van der Waals surface area contributed by atoms with Gasteiger partial charge in [0.05, 0.1) is 20.9 Å². The van der Waals surface area contributed by atoms with E-state index in [-0.39, 0.29) is 0 Å². The van der Waals surface area contributed by atoms with Crippen LogP contribution in [0.3, 0.4) is 0 Å². The van der Waals surface area contributed by atoms with Crippen LogP contribution in [0.1, 0.15) is 82.6 Å². The molecule has 184 valence electrons. The number of nitrogens with zero attached hydrogens (tertiary/aromatic N) is 2. The zero-order chi connectivity index (χ0) is 24.9. The fraction of sp³-hybridized carbons (Fsp3) is 0.364. The third-order valence-corrected chi connectivity index (χ3v) is 8.65. The van der Waals surface area contributed by atoms with Gasteiger partial charge >= 0.3 is 0 Å². The summed E-state index contributed by atoms with van der Waals surface area (Å²) in [7, 11) is 0. The van der Waals surface area contributed by atoms with Crippen molar-refractivity contribution >= 4 is 27.3 Å². The molecule has 0 bridgehead atoms. The molecule has 0 fully saturated rings. The van der Waals surface area contributed by atoms with Crippen molar-refractivity contribution in [3.8, 4) is 0 Å². The number of hydrogen-bond acceptors (Lipinski definition) is 3. The van der Waals surface area contributed by atoms with Crippen LogP contribution in [0, 0.1) is 0 Å². The summed E-state index contributed by atoms with van der Waals surface area (Å²) in [5, 5.41) is 1.24. The molecule has 1 unspecified atom stereocenters. The van der Waals surface area contributed by atoms with Gasteiger partial charge in [0.1, 0.15) is 0 Å². The number of rotatable bonds is 6. The van der Waals surface area contributed by atoms with E-state index in [0.29, 0.717) is 5.92 Å². The normalized spacial score (nSPS) is 18.9. The van der Waals surface area contributed by atoms with Crippen LogP contribution in [0.5, 0.6) is 0 Å². The average Bonchev–Trinajstić information content (AvgIpc) is 3.23. The van der Waals surface area contributed by atoms with Crippen molar-refractivity contribution in [1.29, 1.82) is 0 Å². The highest BCUT2D eigenvalue weighted by molar-refractivity contribution is 7.18. The van der Waals surface area contributed by atoms with E-state index in [1.54, 1.807) is 0 Å². The quantitative estimate of drug-likeness (QED) is 0.291. The summed E-state index contributed by atoms with van der Waals surface area (Å²) in [6.07, 6.45) is 20.4. The van der Waals surface area contributed by atoms with E-state index in [1.807, 2.05) is 17.4 Å². The highest BCUT2D eigenvalue weighted by Crippen LogP contribution is 2.37. The first-order chi connectivity index (χ1) is 17.6. The molecule has 2 heterocycles. The van der Waals surface area contributed by atoms with Crippen LogP contribution in [0.25, 0.3) is 10.2 Å². The SMILES string of the molecule is C=C(CC1=C2CCC(C)=CCCC2=NC2=CC=C=CCCC2=C1)CC(CC)c1nc2ccccc2s1. The van der Waals surface area contributed by atoms with Crippen molar-refractivity contribution in [2.75, 3.05) is 0 Å². The number of allylic oxidation sites excluding steroid dienone is 9. The lowest BCUT2D eigenvalue weighted by atomic mass is 9.86. The molecule has 1 aromatic heterocycles. The van der Waals surface area contributed by atoms with Gasteiger partial charge in [0.15, 0.2) is 0 Å². The lowest BCUT2D eigenvalue weighted by molar-refractivity contribution is 0.645. The molecule has 2 aliphatic carbocycles. The van der Waals surface area contributed by atoms with E-state index in [0.717, 1.165) is 69.0 Å². The second-order valence-corrected chi connectivity index (χ2v) is 11.3. The largest absolute Gasteiger partial charge is 0.253 e. The Morgan fingerprint density at radius 3 is 2.89 bits per heavy atom. The zero-order valence-corrected chi connectivity index (χ0v) is 22.5. The highest BCUT2D eigenvalue weighted by Gasteiger charge is 2.22. The minimum Gasteiger partial charge on any atom is -0.253 e. The van der Waals surface area contributed by atoms with Crippen LogP contribution in [0.2, 0.25) is 0 Å². The fourth-order valence-electron chi connectivity index (χ4n) is 5.40. The molecular formula is C33H36N2S. The molecule has 36 heavy (non-hydrogen) atoms. The van der Waals surface area contributed by atoms with Gasteiger partial charge in [0.25, 0.3) is 0 Å². The molecule has 0 amide bonds. The second kappa shape index (κ2) is 11.4. The van der Waals surface area contributed by atoms with Crippen molar-refractivity contribution in [2.24, 2.45) is 4.99 Å². The van der Waals surface area contributed by atoms with Gasteiger partial charge in [-0.1, -0.05) is 48.9 Å². The van der Waals surface area contributed by atoms with Crippen molar-refractivity contribution in [1.82, 2.24) is 4.98 Å². The molecule has 0 spiro atoms. The van der Waals surface area contributed by atoms with E-state index in [4.69, 9.17) is 9.98 Å². The Morgan fingerprint density at radius 2 is 2.03 bits per heavy atom. The van der Waals surface area contributed by atoms with E-state index in [9.17, 15) is 0 Å². The van der Waals surface area contributed by atoms with Gasteiger partial charge in [0, 0.05) is 11.6 Å². The Balaban J connectivity index is 1.45. The molecule has 0 saturated heterocycles. The van der Waals surface area contributed by atoms with Crippen LogP contribution >= 0.6 is 11.3 Å². The molecule has 1 aromatic carbocycles. The maximum atomic E-state index is 5.25. The summed E-state index contributed by atoms with van der Waals surface area (Å²) in [5.74, 6) is 0.418. The summed E-state index contributed by atoms with van der Waals surface area (Å²) in [6, 6.07) is 8.48. The maximum absolute atomic E-state index is 5.25. The number of thiazole rings is 1. The number of para-hydroxylation sites is 1. The van der Waals surface area contributed by atoms with Crippen LogP contribution in [0.4, 0.5) is 0 Å². The van der Waals surface area contributed by atoms with Gasteiger partial charge in [-0.05, 0) is 112 Å². The van der Waals surface area contributed by atoms with Gasteiger partial charge in [0.2, 0.25) is 0 Å². The van der Waals surface area contributed by atoms with Crippen LogP contribution in [-0.4, -0.2) is 10.7 Å². The highest BCUT2D eigenvalue weighted by atomic mass is 32.1. The van der Waals surface area contributed by atoms with E-state index in [2.05, 4.69) is 74.7 Å². The Morgan fingerprint density at radius 1 is 1.14 bits per heavy atom. The predicted molar refractivity (Wildman–Crippen MR) is 156 cm³/mol. The second-order valence-electron chi connectivity index (χ2n) is 10.2. The number of aliphatic imine (C=N–C) groups is 1. The van der Waals surface area contributed by atoms with Gasteiger partial charge in [-0.15, -0.1) is 17.1 Å². The Bertz CT molecular complexity index is 1350. The smallest absolute Gasteiger partial charge is 0.0972 e. The molecule has 3 heteroatoms. The number of aromatic nitrogens is 1. The topological polar surface area (TPSA) is 25.2 Å². The standard InChI is InChI=1S/C33H36N2S/c1-4-25(33-35-31-15-9-10-17-32(31)36-33)20-24(3)21-27-22-26-13-7-5-6-8-14-29(26)34-30-16-11-12-23(2)18-19-28(27)30/h5,8-10,12,14-15,17,22,25H,3-4,7,11,13,16,18-21H2,1-2H3. The van der Waals surface area contributed by atoms with Gasteiger partial charge in [-0.3, -0.25) is 4.99 Å². The van der Waals surface area contributed by atoms with E-state index in [1.165, 1.54) is 43.3 Å². The molecule has 1 atom stereocenters. The monoisotopic (exact) mass is 492 g/mol. The Kier molecular flexibility index (Phi) is 7.80. The van der Waals surface area contributed by atoms with Crippen molar-refractivity contribution in [3.05, 3.63) is 106 Å². The number of benzene rings is 1. The molecule has 2 aromatic rings. The zero-order valence-electron chi connectivity index (χ0n) is 21.6. The van der Waals surface area contributed by atoms with Crippen LogP contribution < -0.4 is 0 Å². The maximum Gasteiger partial charge on any atom is 0.0972 e. The lowest BCUT2D eigenvalue weighted by Crippen LogP contribution is -2.09. The van der Waals surface area contributed by atoms with Crippen LogP contribution in [-0.2, 0) is 0 Å². The predicted octanol–water partition coefficient (Wildman–Crippen LogP) is 9.71. The molecule has 5 rings (SSSR count). The van der Waals surface area contributed by atoms with Crippen molar-refractivity contribution in [3.63, 3.8) is 0 Å². The summed E-state index contributed by atoms with van der Waals surface area (Å²) in [5.41, 5.74) is 13.8. The first kappa shape index (κ1) is 24.7. The molecule has 2 nitrogen and oxygen atoms in total. The minimum absolute atomic E-state index is 0.418. The Hall–Kier alpha value is -3.00. The van der Waals surface area contributed by atoms with Crippen molar-refractivity contribution < 1.29 is 0 Å². The third-order valence-electron chi connectivity index (χ3n) is 7.45. The first-order valence-corrected chi connectivity index (χ1v) is 14.2.